The molecule has 0 bridgehead atoms. The van der Waals surface area contributed by atoms with Gasteiger partial charge in [0.1, 0.15) is 5.69 Å². The van der Waals surface area contributed by atoms with Crippen LogP contribution in [0.1, 0.15) is 37.2 Å². The predicted octanol–water partition coefficient (Wildman–Crippen LogP) is 1.30. The molecule has 15 heavy (non-hydrogen) atoms. The van der Waals surface area contributed by atoms with Crippen molar-refractivity contribution in [2.75, 3.05) is 13.2 Å². The highest BCUT2D eigenvalue weighted by molar-refractivity contribution is 5.94. The summed E-state index contributed by atoms with van der Waals surface area (Å²) in [6, 6.07) is 0. The average Bonchev–Trinajstić information content (AvgIpc) is 2.67. The number of rotatable bonds is 7. The monoisotopic (exact) mass is 211 g/mol. The van der Waals surface area contributed by atoms with E-state index in [2.05, 4.69) is 10.3 Å². The van der Waals surface area contributed by atoms with Crippen molar-refractivity contribution in [1.82, 2.24) is 15.0 Å². The van der Waals surface area contributed by atoms with Crippen LogP contribution in [0.15, 0.2) is 6.20 Å². The lowest BCUT2D eigenvalue weighted by molar-refractivity contribution is 0.0885. The maximum atomic E-state index is 11.7. The second kappa shape index (κ2) is 6.29. The summed E-state index contributed by atoms with van der Waals surface area (Å²) in [5, 5.41) is 7.60. The molecule has 0 saturated carbocycles. The Morgan fingerprint density at radius 1 is 1.53 bits per heavy atom. The molecule has 0 aliphatic rings. The zero-order valence-electron chi connectivity index (χ0n) is 9.27. The first kappa shape index (κ1) is 11.8. The largest absolute Gasteiger partial charge is 0.381 e. The molecule has 0 amide bonds. The lowest BCUT2D eigenvalue weighted by Gasteiger charge is -2.03. The molecule has 0 radical (unpaired) electrons. The maximum absolute atomic E-state index is 11.7. The Labute approximate surface area is 89.4 Å². The SMILES string of the molecule is CCCn1nncc1C(=O)CCOCC. The Hall–Kier alpha value is -1.23. The summed E-state index contributed by atoms with van der Waals surface area (Å²) in [5.74, 6) is 0.0434. The second-order valence-corrected chi connectivity index (χ2v) is 3.21. The van der Waals surface area contributed by atoms with Crippen LogP contribution in [0.3, 0.4) is 0 Å². The van der Waals surface area contributed by atoms with Crippen molar-refractivity contribution in [2.24, 2.45) is 0 Å². The first-order valence-electron chi connectivity index (χ1n) is 5.29. The minimum atomic E-state index is 0.0434. The smallest absolute Gasteiger partial charge is 0.184 e. The van der Waals surface area contributed by atoms with Crippen LogP contribution >= 0.6 is 0 Å². The van der Waals surface area contributed by atoms with E-state index >= 15 is 0 Å². The van der Waals surface area contributed by atoms with Crippen molar-refractivity contribution >= 4 is 5.78 Å². The van der Waals surface area contributed by atoms with E-state index in [4.69, 9.17) is 4.74 Å². The third-order valence-electron chi connectivity index (χ3n) is 2.02. The molecule has 1 aromatic heterocycles. The van der Waals surface area contributed by atoms with Crippen LogP contribution in [0.25, 0.3) is 0 Å². The van der Waals surface area contributed by atoms with Crippen molar-refractivity contribution in [3.05, 3.63) is 11.9 Å². The Balaban J connectivity index is 2.53. The number of ether oxygens (including phenoxy) is 1. The molecule has 1 heterocycles. The van der Waals surface area contributed by atoms with Gasteiger partial charge in [-0.1, -0.05) is 12.1 Å². The fourth-order valence-electron chi connectivity index (χ4n) is 1.29. The number of carbonyl (C=O) groups is 1. The van der Waals surface area contributed by atoms with Crippen LogP contribution in [0.2, 0.25) is 0 Å². The fourth-order valence-corrected chi connectivity index (χ4v) is 1.29. The van der Waals surface area contributed by atoms with Gasteiger partial charge in [-0.2, -0.15) is 0 Å². The van der Waals surface area contributed by atoms with Gasteiger partial charge >= 0.3 is 0 Å². The normalized spacial score (nSPS) is 10.5. The van der Waals surface area contributed by atoms with Gasteiger partial charge in [0.25, 0.3) is 0 Å². The molecule has 5 heteroatoms. The number of aryl methyl sites for hydroxylation is 1. The molecule has 0 aliphatic heterocycles. The van der Waals surface area contributed by atoms with Gasteiger partial charge in [-0.25, -0.2) is 4.68 Å². The number of nitrogens with zero attached hydrogens (tertiary/aromatic N) is 3. The van der Waals surface area contributed by atoms with Gasteiger partial charge in [0.05, 0.1) is 12.8 Å². The Morgan fingerprint density at radius 2 is 2.33 bits per heavy atom. The van der Waals surface area contributed by atoms with Crippen LogP contribution in [0, 0.1) is 0 Å². The van der Waals surface area contributed by atoms with Gasteiger partial charge in [0, 0.05) is 19.6 Å². The number of carbonyl (C=O) groups excluding carboxylic acids is 1. The fraction of sp³-hybridized carbons (Fsp3) is 0.700. The van der Waals surface area contributed by atoms with E-state index in [-0.39, 0.29) is 5.78 Å². The van der Waals surface area contributed by atoms with Gasteiger partial charge in [-0.05, 0) is 13.3 Å². The summed E-state index contributed by atoms with van der Waals surface area (Å²) in [5.41, 5.74) is 0.580. The third-order valence-corrected chi connectivity index (χ3v) is 2.02. The van der Waals surface area contributed by atoms with Gasteiger partial charge in [0.2, 0.25) is 0 Å². The van der Waals surface area contributed by atoms with E-state index in [0.717, 1.165) is 13.0 Å². The average molecular weight is 211 g/mol. The number of Topliss-reactive ketones (excluding diaryl/α,β-unsaturated/α-hetero) is 1. The van der Waals surface area contributed by atoms with Crippen molar-refractivity contribution in [3.63, 3.8) is 0 Å². The number of hydrogen-bond acceptors (Lipinski definition) is 4. The second-order valence-electron chi connectivity index (χ2n) is 3.21. The molecule has 0 aromatic carbocycles. The molecular formula is C10H17N3O2. The van der Waals surface area contributed by atoms with E-state index in [1.807, 2.05) is 13.8 Å². The van der Waals surface area contributed by atoms with Crippen LogP contribution in [-0.4, -0.2) is 34.0 Å². The molecule has 1 aromatic rings. The molecule has 84 valence electrons. The zero-order valence-corrected chi connectivity index (χ0v) is 9.27. The van der Waals surface area contributed by atoms with Crippen LogP contribution < -0.4 is 0 Å². The lowest BCUT2D eigenvalue weighted by atomic mass is 10.2. The van der Waals surface area contributed by atoms with Crippen LogP contribution in [0.5, 0.6) is 0 Å². The number of hydrogen-bond donors (Lipinski definition) is 0. The van der Waals surface area contributed by atoms with E-state index in [1.54, 1.807) is 4.68 Å². The van der Waals surface area contributed by atoms with E-state index < -0.39 is 0 Å². The molecule has 0 aliphatic carbocycles. The molecule has 5 nitrogen and oxygen atoms in total. The lowest BCUT2D eigenvalue weighted by Crippen LogP contribution is -2.12. The van der Waals surface area contributed by atoms with Crippen molar-refractivity contribution in [1.29, 1.82) is 0 Å². The minimum Gasteiger partial charge on any atom is -0.381 e. The predicted molar refractivity (Wildman–Crippen MR) is 55.8 cm³/mol. The van der Waals surface area contributed by atoms with Crippen molar-refractivity contribution in [2.45, 2.75) is 33.2 Å². The zero-order chi connectivity index (χ0) is 11.1. The van der Waals surface area contributed by atoms with Gasteiger partial charge in [-0.15, -0.1) is 5.10 Å². The van der Waals surface area contributed by atoms with Crippen LogP contribution in [0.4, 0.5) is 0 Å². The molecule has 1 rings (SSSR count). The molecule has 0 spiro atoms. The minimum absolute atomic E-state index is 0.0434. The number of aromatic nitrogens is 3. The third kappa shape index (κ3) is 3.43. The topological polar surface area (TPSA) is 57.0 Å². The molecule has 0 saturated heterocycles. The highest BCUT2D eigenvalue weighted by atomic mass is 16.5. The summed E-state index contributed by atoms with van der Waals surface area (Å²) >= 11 is 0. The standard InChI is InChI=1S/C10H17N3O2/c1-3-6-13-9(8-11-12-13)10(14)5-7-15-4-2/h8H,3-7H2,1-2H3. The summed E-state index contributed by atoms with van der Waals surface area (Å²) in [6.07, 6.45) is 2.85. The van der Waals surface area contributed by atoms with Gasteiger partial charge in [0.15, 0.2) is 5.78 Å². The Morgan fingerprint density at radius 3 is 3.00 bits per heavy atom. The quantitative estimate of drug-likeness (QED) is 0.504. The molecular weight excluding hydrogens is 194 g/mol. The van der Waals surface area contributed by atoms with E-state index in [0.29, 0.717) is 25.3 Å². The summed E-state index contributed by atoms with van der Waals surface area (Å²) in [7, 11) is 0. The molecule has 0 unspecified atom stereocenters. The Bertz CT molecular complexity index is 309. The molecule has 0 fully saturated rings. The highest BCUT2D eigenvalue weighted by Gasteiger charge is 2.11. The summed E-state index contributed by atoms with van der Waals surface area (Å²) < 4.78 is 6.78. The van der Waals surface area contributed by atoms with E-state index in [9.17, 15) is 4.79 Å². The maximum Gasteiger partial charge on any atom is 0.184 e. The number of ketones is 1. The Kier molecular flexibility index (Phi) is 4.97. The highest BCUT2D eigenvalue weighted by Crippen LogP contribution is 2.02. The van der Waals surface area contributed by atoms with E-state index in [1.165, 1.54) is 6.20 Å². The molecule has 0 atom stereocenters. The summed E-state index contributed by atoms with van der Waals surface area (Å²) in [6.45, 7) is 5.78. The van der Waals surface area contributed by atoms with Crippen molar-refractivity contribution < 1.29 is 9.53 Å². The first-order chi connectivity index (χ1) is 7.29. The van der Waals surface area contributed by atoms with Gasteiger partial charge < -0.3 is 4.74 Å². The molecule has 0 N–H and O–H groups in total. The first-order valence-corrected chi connectivity index (χ1v) is 5.29. The van der Waals surface area contributed by atoms with Gasteiger partial charge in [-0.3, -0.25) is 4.79 Å². The van der Waals surface area contributed by atoms with Crippen LogP contribution in [-0.2, 0) is 11.3 Å². The summed E-state index contributed by atoms with van der Waals surface area (Å²) in [4.78, 5) is 11.7. The van der Waals surface area contributed by atoms with Crippen molar-refractivity contribution in [3.8, 4) is 0 Å².